The third-order valence-corrected chi connectivity index (χ3v) is 2.85. The Morgan fingerprint density at radius 3 is 2.59 bits per heavy atom. The van der Waals surface area contributed by atoms with Crippen molar-refractivity contribution < 1.29 is 18.8 Å². The maximum absolute atomic E-state index is 12.1. The number of nitrogens with zero attached hydrogens (tertiary/aromatic N) is 1. The molecule has 0 aliphatic rings. The van der Waals surface area contributed by atoms with Gasteiger partial charge in [0.05, 0.1) is 6.61 Å². The normalized spacial score (nSPS) is 10.3. The van der Waals surface area contributed by atoms with Gasteiger partial charge < -0.3 is 19.9 Å². The van der Waals surface area contributed by atoms with Crippen molar-refractivity contribution in [1.29, 1.82) is 0 Å². The molecular formula is C15H17N3O4. The number of anilines is 1. The molecule has 1 aromatic carbocycles. The number of benzene rings is 1. The van der Waals surface area contributed by atoms with Gasteiger partial charge in [0.2, 0.25) is 0 Å². The number of ether oxygens (including phenoxy) is 1. The fraction of sp³-hybridized carbons (Fsp3) is 0.267. The van der Waals surface area contributed by atoms with Crippen LogP contribution in [-0.4, -0.2) is 37.2 Å². The largest absolute Gasteiger partial charge is 0.383 e. The topological polar surface area (TPSA) is 93.5 Å². The van der Waals surface area contributed by atoms with E-state index in [1.54, 1.807) is 38.3 Å². The summed E-state index contributed by atoms with van der Waals surface area (Å²) >= 11 is 0. The average Bonchev–Trinajstić information content (AvgIpc) is 2.92. The Morgan fingerprint density at radius 2 is 1.95 bits per heavy atom. The van der Waals surface area contributed by atoms with Crippen LogP contribution in [0.4, 0.5) is 5.82 Å². The van der Waals surface area contributed by atoms with Gasteiger partial charge in [-0.3, -0.25) is 9.59 Å². The molecule has 2 amide bonds. The van der Waals surface area contributed by atoms with Crippen molar-refractivity contribution in [2.45, 2.75) is 6.92 Å². The first kappa shape index (κ1) is 15.7. The maximum atomic E-state index is 12.1. The maximum Gasteiger partial charge on any atom is 0.256 e. The summed E-state index contributed by atoms with van der Waals surface area (Å²) in [6.07, 6.45) is 0. The zero-order chi connectivity index (χ0) is 15.9. The summed E-state index contributed by atoms with van der Waals surface area (Å²) in [6.45, 7) is 2.56. The molecular weight excluding hydrogens is 286 g/mol. The Bertz CT molecular complexity index is 666. The molecule has 0 bridgehead atoms. The zero-order valence-electron chi connectivity index (χ0n) is 12.4. The smallest absolute Gasteiger partial charge is 0.256 e. The quantitative estimate of drug-likeness (QED) is 0.791. The van der Waals surface area contributed by atoms with E-state index in [9.17, 15) is 9.59 Å². The predicted molar refractivity (Wildman–Crippen MR) is 79.8 cm³/mol. The molecule has 2 aromatic rings. The molecule has 7 nitrogen and oxygen atoms in total. The molecule has 0 fully saturated rings. The number of methoxy groups -OCH3 is 1. The van der Waals surface area contributed by atoms with Crippen LogP contribution < -0.4 is 10.6 Å². The van der Waals surface area contributed by atoms with Crippen LogP contribution in [0.3, 0.4) is 0 Å². The van der Waals surface area contributed by atoms with Gasteiger partial charge in [-0.15, -0.1) is 0 Å². The predicted octanol–water partition coefficient (Wildman–Crippen LogP) is 1.61. The number of hydrogen-bond donors (Lipinski definition) is 2. The number of rotatable bonds is 6. The molecule has 2 rings (SSSR count). The standard InChI is InChI=1S/C15H17N3O4/c1-10-8-13(18-22-10)17-15(20)12-5-3-4-11(9-12)14(19)16-6-7-21-2/h3-5,8-9H,6-7H2,1-2H3,(H,16,19)(H,17,18,20). The highest BCUT2D eigenvalue weighted by molar-refractivity contribution is 6.05. The average molecular weight is 303 g/mol. The number of carbonyl (C=O) groups excluding carboxylic acids is 2. The van der Waals surface area contributed by atoms with Crippen LogP contribution in [0, 0.1) is 6.92 Å². The molecule has 0 aliphatic heterocycles. The van der Waals surface area contributed by atoms with Crippen molar-refractivity contribution in [1.82, 2.24) is 10.5 Å². The van der Waals surface area contributed by atoms with E-state index in [-0.39, 0.29) is 11.8 Å². The summed E-state index contributed by atoms with van der Waals surface area (Å²) in [4.78, 5) is 24.0. The van der Waals surface area contributed by atoms with Gasteiger partial charge in [0.25, 0.3) is 11.8 Å². The van der Waals surface area contributed by atoms with E-state index in [1.165, 1.54) is 6.07 Å². The van der Waals surface area contributed by atoms with E-state index in [0.717, 1.165) is 0 Å². The molecule has 0 unspecified atom stereocenters. The molecule has 1 heterocycles. The molecule has 0 atom stereocenters. The van der Waals surface area contributed by atoms with Gasteiger partial charge >= 0.3 is 0 Å². The first-order valence-electron chi connectivity index (χ1n) is 6.72. The number of aromatic nitrogens is 1. The number of carbonyl (C=O) groups is 2. The van der Waals surface area contributed by atoms with Crippen molar-refractivity contribution >= 4 is 17.6 Å². The van der Waals surface area contributed by atoms with Crippen LogP contribution in [0.1, 0.15) is 26.5 Å². The van der Waals surface area contributed by atoms with Crippen molar-refractivity contribution in [3.8, 4) is 0 Å². The highest BCUT2D eigenvalue weighted by Crippen LogP contribution is 2.11. The Kier molecular flexibility index (Phi) is 5.26. The Hall–Kier alpha value is -2.67. The number of aryl methyl sites for hydroxylation is 1. The fourth-order valence-electron chi connectivity index (χ4n) is 1.78. The molecule has 0 radical (unpaired) electrons. The molecule has 0 saturated carbocycles. The van der Waals surface area contributed by atoms with Gasteiger partial charge in [-0.2, -0.15) is 0 Å². The molecule has 116 valence electrons. The third kappa shape index (κ3) is 4.16. The van der Waals surface area contributed by atoms with Crippen LogP contribution >= 0.6 is 0 Å². The molecule has 0 aliphatic carbocycles. The van der Waals surface area contributed by atoms with Crippen molar-refractivity contribution in [2.75, 3.05) is 25.6 Å². The Morgan fingerprint density at radius 1 is 1.23 bits per heavy atom. The van der Waals surface area contributed by atoms with Gasteiger partial charge in [0.15, 0.2) is 5.82 Å². The van der Waals surface area contributed by atoms with Gasteiger partial charge in [0, 0.05) is 30.8 Å². The lowest BCUT2D eigenvalue weighted by Crippen LogP contribution is -2.27. The molecule has 0 saturated heterocycles. The molecule has 1 aromatic heterocycles. The van der Waals surface area contributed by atoms with E-state index >= 15 is 0 Å². The lowest BCUT2D eigenvalue weighted by Gasteiger charge is -2.06. The second-order valence-corrected chi connectivity index (χ2v) is 4.61. The molecule has 0 spiro atoms. The SMILES string of the molecule is COCCNC(=O)c1cccc(C(=O)Nc2cc(C)on2)c1. The van der Waals surface area contributed by atoms with E-state index in [1.807, 2.05) is 0 Å². The lowest BCUT2D eigenvalue weighted by atomic mass is 10.1. The zero-order valence-corrected chi connectivity index (χ0v) is 12.4. The second-order valence-electron chi connectivity index (χ2n) is 4.61. The first-order valence-corrected chi connectivity index (χ1v) is 6.72. The minimum atomic E-state index is -0.361. The number of hydrogen-bond acceptors (Lipinski definition) is 5. The van der Waals surface area contributed by atoms with Crippen molar-refractivity contribution in [3.63, 3.8) is 0 Å². The third-order valence-electron chi connectivity index (χ3n) is 2.85. The van der Waals surface area contributed by atoms with Gasteiger partial charge in [0.1, 0.15) is 5.76 Å². The second kappa shape index (κ2) is 7.37. The summed E-state index contributed by atoms with van der Waals surface area (Å²) < 4.78 is 9.74. The van der Waals surface area contributed by atoms with Gasteiger partial charge in [-0.1, -0.05) is 11.2 Å². The van der Waals surface area contributed by atoms with Crippen LogP contribution in [0.2, 0.25) is 0 Å². The Labute approximate surface area is 127 Å². The first-order chi connectivity index (χ1) is 10.6. The van der Waals surface area contributed by atoms with E-state index in [4.69, 9.17) is 9.26 Å². The Balaban J connectivity index is 2.04. The van der Waals surface area contributed by atoms with Crippen LogP contribution in [0.5, 0.6) is 0 Å². The minimum absolute atomic E-state index is 0.260. The van der Waals surface area contributed by atoms with Crippen LogP contribution in [-0.2, 0) is 4.74 Å². The molecule has 7 heteroatoms. The van der Waals surface area contributed by atoms with E-state index in [0.29, 0.717) is 35.9 Å². The summed E-state index contributed by atoms with van der Waals surface area (Å²) in [5, 5.41) is 8.99. The lowest BCUT2D eigenvalue weighted by molar-refractivity contribution is 0.0937. The number of nitrogens with one attached hydrogen (secondary N) is 2. The van der Waals surface area contributed by atoms with E-state index < -0.39 is 0 Å². The highest BCUT2D eigenvalue weighted by Gasteiger charge is 2.12. The monoisotopic (exact) mass is 303 g/mol. The molecule has 2 N–H and O–H groups in total. The van der Waals surface area contributed by atoms with E-state index in [2.05, 4.69) is 15.8 Å². The van der Waals surface area contributed by atoms with Crippen molar-refractivity contribution in [2.24, 2.45) is 0 Å². The summed E-state index contributed by atoms with van der Waals surface area (Å²) in [5.41, 5.74) is 0.764. The van der Waals surface area contributed by atoms with Crippen molar-refractivity contribution in [3.05, 3.63) is 47.2 Å². The van der Waals surface area contributed by atoms with Gasteiger partial charge in [-0.25, -0.2) is 0 Å². The summed E-state index contributed by atoms with van der Waals surface area (Å²) in [5.74, 6) is 0.308. The van der Waals surface area contributed by atoms with Crippen LogP contribution in [0.15, 0.2) is 34.9 Å². The van der Waals surface area contributed by atoms with Crippen LogP contribution in [0.25, 0.3) is 0 Å². The summed E-state index contributed by atoms with van der Waals surface area (Å²) in [6, 6.07) is 8.03. The summed E-state index contributed by atoms with van der Waals surface area (Å²) in [7, 11) is 1.56. The highest BCUT2D eigenvalue weighted by atomic mass is 16.5. The fourth-order valence-corrected chi connectivity index (χ4v) is 1.78. The number of amides is 2. The minimum Gasteiger partial charge on any atom is -0.383 e. The molecule has 22 heavy (non-hydrogen) atoms. The van der Waals surface area contributed by atoms with Gasteiger partial charge in [-0.05, 0) is 25.1 Å².